The molecule has 0 saturated heterocycles. The largest absolute Gasteiger partial charge is 0.383 e. The molecule has 0 bridgehead atoms. The Morgan fingerprint density at radius 1 is 1.56 bits per heavy atom. The molecule has 4 unspecified atom stereocenters. The van der Waals surface area contributed by atoms with E-state index in [1.807, 2.05) is 0 Å². The standard InChI is InChI=1S/C10H22NO3PS/c1-2-8-5-3-4-6-9(8)10(7-11)14-15(12,13)16/h8-10H,2-7,11H2,1H3,(H2,12,13,16). The highest BCUT2D eigenvalue weighted by Gasteiger charge is 2.33. The van der Waals surface area contributed by atoms with Crippen LogP contribution in [-0.2, 0) is 9.09 Å². The van der Waals surface area contributed by atoms with Crippen molar-refractivity contribution >= 4 is 19.0 Å². The molecule has 3 N–H and O–H groups in total. The summed E-state index contributed by atoms with van der Waals surface area (Å²) in [6.07, 6.45) is 5.34. The summed E-state index contributed by atoms with van der Waals surface area (Å²) in [6, 6.07) is 0. The van der Waals surface area contributed by atoms with E-state index < -0.39 is 6.80 Å². The number of thiol groups is 1. The molecule has 0 aromatic heterocycles. The molecule has 6 heteroatoms. The van der Waals surface area contributed by atoms with Gasteiger partial charge in [0.2, 0.25) is 0 Å². The minimum Gasteiger partial charge on any atom is -0.328 e. The van der Waals surface area contributed by atoms with E-state index in [2.05, 4.69) is 19.2 Å². The van der Waals surface area contributed by atoms with Crippen molar-refractivity contribution in [2.75, 3.05) is 6.54 Å². The van der Waals surface area contributed by atoms with Crippen LogP contribution in [0.4, 0.5) is 0 Å². The van der Waals surface area contributed by atoms with Crippen LogP contribution in [0.1, 0.15) is 39.0 Å². The number of hydrogen-bond donors (Lipinski definition) is 3. The second kappa shape index (κ2) is 6.41. The lowest BCUT2D eigenvalue weighted by atomic mass is 9.75. The van der Waals surface area contributed by atoms with E-state index in [0.717, 1.165) is 19.3 Å². The summed E-state index contributed by atoms with van der Waals surface area (Å²) >= 11 is 3.56. The van der Waals surface area contributed by atoms with Gasteiger partial charge in [-0.15, -0.1) is 0 Å². The zero-order valence-electron chi connectivity index (χ0n) is 9.71. The van der Waals surface area contributed by atoms with E-state index in [1.165, 1.54) is 12.8 Å². The minimum absolute atomic E-state index is 0.284. The Labute approximate surface area is 103 Å². The summed E-state index contributed by atoms with van der Waals surface area (Å²) in [6.45, 7) is -1.29. The highest BCUT2D eigenvalue weighted by atomic mass is 32.7. The van der Waals surface area contributed by atoms with Crippen LogP contribution in [0.2, 0.25) is 0 Å². The molecule has 0 amide bonds. The van der Waals surface area contributed by atoms with Crippen LogP contribution in [-0.4, -0.2) is 17.5 Å². The summed E-state index contributed by atoms with van der Waals surface area (Å²) in [5.74, 6) is 0.860. The van der Waals surface area contributed by atoms with Crippen LogP contribution in [0.25, 0.3) is 0 Å². The van der Waals surface area contributed by atoms with Crippen LogP contribution in [0.5, 0.6) is 0 Å². The summed E-state index contributed by atoms with van der Waals surface area (Å²) in [5.41, 5.74) is 5.64. The molecule has 0 aromatic carbocycles. The Hall–Kier alpha value is 0.460. The zero-order valence-corrected chi connectivity index (χ0v) is 11.5. The third-order valence-corrected chi connectivity index (χ3v) is 4.30. The summed E-state index contributed by atoms with van der Waals surface area (Å²) in [5, 5.41) is 0. The molecule has 0 radical (unpaired) electrons. The number of hydrogen-bond acceptors (Lipinski definition) is 3. The lowest BCUT2D eigenvalue weighted by molar-refractivity contribution is 0.0663. The van der Waals surface area contributed by atoms with Crippen molar-refractivity contribution in [3.63, 3.8) is 0 Å². The van der Waals surface area contributed by atoms with Crippen molar-refractivity contribution in [1.29, 1.82) is 0 Å². The van der Waals surface area contributed by atoms with E-state index >= 15 is 0 Å². The molecule has 1 aliphatic carbocycles. The fourth-order valence-electron chi connectivity index (χ4n) is 2.71. The SMILES string of the molecule is CCC1CCCCC1C(CN)OP(=O)(O)S. The van der Waals surface area contributed by atoms with Crippen molar-refractivity contribution in [2.45, 2.75) is 45.1 Å². The van der Waals surface area contributed by atoms with E-state index in [9.17, 15) is 4.57 Å². The first-order chi connectivity index (χ1) is 7.48. The number of nitrogens with two attached hydrogens (primary N) is 1. The first-order valence-electron chi connectivity index (χ1n) is 5.92. The maximum atomic E-state index is 11.2. The van der Waals surface area contributed by atoms with Gasteiger partial charge in [0.25, 0.3) is 0 Å². The average molecular weight is 267 g/mol. The highest BCUT2D eigenvalue weighted by Crippen LogP contribution is 2.50. The Balaban J connectivity index is 2.65. The van der Waals surface area contributed by atoms with Crippen LogP contribution in [0.3, 0.4) is 0 Å². The molecule has 96 valence electrons. The van der Waals surface area contributed by atoms with E-state index in [-0.39, 0.29) is 12.6 Å². The van der Waals surface area contributed by atoms with Crippen LogP contribution >= 0.6 is 19.0 Å². The van der Waals surface area contributed by atoms with Crippen molar-refractivity contribution in [1.82, 2.24) is 0 Å². The Morgan fingerprint density at radius 2 is 2.19 bits per heavy atom. The van der Waals surface area contributed by atoms with Gasteiger partial charge in [0.05, 0.1) is 6.10 Å². The van der Waals surface area contributed by atoms with Gasteiger partial charge in [-0.2, -0.15) is 0 Å². The highest BCUT2D eigenvalue weighted by molar-refractivity contribution is 8.44. The fraction of sp³-hybridized carbons (Fsp3) is 1.00. The summed E-state index contributed by atoms with van der Waals surface area (Å²) in [4.78, 5) is 9.15. The van der Waals surface area contributed by atoms with Crippen molar-refractivity contribution < 1.29 is 14.0 Å². The van der Waals surface area contributed by atoms with Gasteiger partial charge >= 0.3 is 6.80 Å². The fourth-order valence-corrected chi connectivity index (χ4v) is 3.66. The van der Waals surface area contributed by atoms with Gasteiger partial charge in [-0.1, -0.05) is 44.9 Å². The van der Waals surface area contributed by atoms with Crippen LogP contribution < -0.4 is 5.73 Å². The summed E-state index contributed by atoms with van der Waals surface area (Å²) in [7, 11) is 0. The first-order valence-corrected chi connectivity index (χ1v) is 8.65. The second-order valence-electron chi connectivity index (χ2n) is 4.49. The smallest absolute Gasteiger partial charge is 0.328 e. The maximum Gasteiger partial charge on any atom is 0.383 e. The predicted molar refractivity (Wildman–Crippen MR) is 68.5 cm³/mol. The minimum atomic E-state index is -3.73. The third-order valence-electron chi connectivity index (χ3n) is 3.47. The normalized spacial score (nSPS) is 32.0. The van der Waals surface area contributed by atoms with Gasteiger partial charge in [0, 0.05) is 6.54 Å². The molecule has 0 heterocycles. The van der Waals surface area contributed by atoms with Gasteiger partial charge in [0.1, 0.15) is 0 Å². The molecule has 1 fully saturated rings. The third kappa shape index (κ3) is 4.38. The molecule has 4 atom stereocenters. The van der Waals surface area contributed by atoms with Gasteiger partial charge in [-0.25, -0.2) is 4.57 Å². The van der Waals surface area contributed by atoms with Gasteiger partial charge < -0.3 is 10.6 Å². The molecular weight excluding hydrogens is 245 g/mol. The Kier molecular flexibility index (Phi) is 5.82. The van der Waals surface area contributed by atoms with E-state index in [0.29, 0.717) is 11.8 Å². The lowest BCUT2D eigenvalue weighted by Gasteiger charge is -2.36. The lowest BCUT2D eigenvalue weighted by Crippen LogP contribution is -2.37. The Morgan fingerprint density at radius 3 is 2.69 bits per heavy atom. The van der Waals surface area contributed by atoms with Crippen LogP contribution in [0.15, 0.2) is 0 Å². The molecular formula is C10H22NO3PS. The Bertz CT molecular complexity index is 258. The van der Waals surface area contributed by atoms with Gasteiger partial charge in [-0.3, -0.25) is 4.52 Å². The average Bonchev–Trinajstić information content (AvgIpc) is 2.24. The molecule has 0 spiro atoms. The maximum absolute atomic E-state index is 11.2. The number of rotatable bonds is 5. The van der Waals surface area contributed by atoms with Crippen molar-refractivity contribution in [2.24, 2.45) is 17.6 Å². The monoisotopic (exact) mass is 267 g/mol. The van der Waals surface area contributed by atoms with E-state index in [1.54, 1.807) is 0 Å². The quantitative estimate of drug-likeness (QED) is 0.529. The predicted octanol–water partition coefficient (Wildman–Crippen LogP) is 2.58. The first kappa shape index (κ1) is 14.5. The summed E-state index contributed by atoms with van der Waals surface area (Å²) < 4.78 is 16.3. The molecule has 1 aliphatic rings. The molecule has 1 rings (SSSR count). The van der Waals surface area contributed by atoms with Crippen molar-refractivity contribution in [3.05, 3.63) is 0 Å². The molecule has 1 saturated carbocycles. The van der Waals surface area contributed by atoms with E-state index in [4.69, 9.17) is 15.2 Å². The molecule has 16 heavy (non-hydrogen) atoms. The van der Waals surface area contributed by atoms with Crippen molar-refractivity contribution in [3.8, 4) is 0 Å². The topological polar surface area (TPSA) is 72.5 Å². The molecule has 0 aromatic rings. The zero-order chi connectivity index (χ0) is 12.2. The van der Waals surface area contributed by atoms with Gasteiger partial charge in [-0.05, 0) is 18.3 Å². The molecule has 0 aliphatic heterocycles. The molecule has 4 nitrogen and oxygen atoms in total. The van der Waals surface area contributed by atoms with Gasteiger partial charge in [0.15, 0.2) is 0 Å². The van der Waals surface area contributed by atoms with Crippen LogP contribution in [0, 0.1) is 11.8 Å². The second-order valence-corrected chi connectivity index (χ2v) is 7.20.